The number of hydrogen-bond acceptors (Lipinski definition) is 5. The molecule has 0 bridgehead atoms. The molecule has 0 saturated heterocycles. The molecule has 1 aromatic carbocycles. The normalized spacial score (nSPS) is 14.3. The molecule has 1 heterocycles. The van der Waals surface area contributed by atoms with Crippen molar-refractivity contribution in [2.75, 3.05) is 7.11 Å². The van der Waals surface area contributed by atoms with Crippen molar-refractivity contribution in [1.29, 1.82) is 5.26 Å². The lowest BCUT2D eigenvalue weighted by Gasteiger charge is -2.16. The number of methoxy groups -OCH3 is 1. The maximum atomic E-state index is 13.3. The van der Waals surface area contributed by atoms with Crippen molar-refractivity contribution in [2.45, 2.75) is 31.3 Å². The molecule has 0 amide bonds. The highest BCUT2D eigenvalue weighted by Crippen LogP contribution is 2.47. The molecule has 3 rings (SSSR count). The largest absolute Gasteiger partial charge is 0.573 e. The smallest absolute Gasteiger partial charge is 0.493 e. The van der Waals surface area contributed by atoms with E-state index in [0.717, 1.165) is 31.4 Å². The quantitative estimate of drug-likeness (QED) is 0.596. The highest BCUT2D eigenvalue weighted by atomic mass is 19.4. The number of aromatic nitrogens is 1. The van der Waals surface area contributed by atoms with E-state index in [2.05, 4.69) is 9.72 Å². The van der Waals surface area contributed by atoms with Crippen molar-refractivity contribution in [3.63, 3.8) is 0 Å². The first kappa shape index (κ1) is 20.6. The van der Waals surface area contributed by atoms with Gasteiger partial charge in [-0.25, -0.2) is 4.98 Å². The number of alkyl halides is 6. The monoisotopic (exact) mass is 418 g/mol. The molecule has 1 fully saturated rings. The van der Waals surface area contributed by atoms with Gasteiger partial charge in [0.1, 0.15) is 17.5 Å². The summed E-state index contributed by atoms with van der Waals surface area (Å²) in [5, 5.41) is 9.19. The first-order valence-electron chi connectivity index (χ1n) is 8.15. The van der Waals surface area contributed by atoms with E-state index in [9.17, 15) is 31.6 Å². The summed E-state index contributed by atoms with van der Waals surface area (Å²) in [6.45, 7) is 0. The van der Waals surface area contributed by atoms with E-state index in [4.69, 9.17) is 9.47 Å². The van der Waals surface area contributed by atoms with E-state index in [1.165, 1.54) is 0 Å². The molecule has 1 saturated carbocycles. The number of nitriles is 1. The number of rotatable bonds is 5. The molecule has 1 aliphatic rings. The Balaban J connectivity index is 2.00. The molecule has 0 atom stereocenters. The molecular formula is C18H12F6N2O3. The minimum atomic E-state index is -4.92. The average molecular weight is 418 g/mol. The Bertz CT molecular complexity index is 962. The van der Waals surface area contributed by atoms with Gasteiger partial charge in [-0.15, -0.1) is 13.2 Å². The molecular weight excluding hydrogens is 406 g/mol. The Hall–Kier alpha value is -3.16. The summed E-state index contributed by atoms with van der Waals surface area (Å²) in [6, 6.07) is 5.55. The van der Waals surface area contributed by atoms with E-state index >= 15 is 0 Å². The third-order valence-electron chi connectivity index (χ3n) is 4.00. The van der Waals surface area contributed by atoms with Crippen molar-refractivity contribution in [3.05, 3.63) is 41.2 Å². The average Bonchev–Trinajstić information content (AvgIpc) is 3.45. The van der Waals surface area contributed by atoms with Crippen LogP contribution in [-0.4, -0.2) is 18.5 Å². The van der Waals surface area contributed by atoms with Gasteiger partial charge in [0, 0.05) is 6.07 Å². The second-order valence-electron chi connectivity index (χ2n) is 6.12. The fourth-order valence-electron chi connectivity index (χ4n) is 2.65. The van der Waals surface area contributed by atoms with Crippen LogP contribution in [0, 0.1) is 11.3 Å². The van der Waals surface area contributed by atoms with Crippen LogP contribution < -0.4 is 14.2 Å². The minimum absolute atomic E-state index is 0.0949. The third kappa shape index (κ3) is 4.82. The summed E-state index contributed by atoms with van der Waals surface area (Å²) in [5.41, 5.74) is -1.85. The Morgan fingerprint density at radius 2 is 1.72 bits per heavy atom. The van der Waals surface area contributed by atoms with Crippen LogP contribution in [0.15, 0.2) is 24.3 Å². The van der Waals surface area contributed by atoms with Gasteiger partial charge in [0.2, 0.25) is 0 Å². The molecule has 5 nitrogen and oxygen atoms in total. The maximum absolute atomic E-state index is 13.3. The predicted octanol–water partition coefficient (Wildman–Crippen LogP) is 5.55. The number of nitrogens with zero attached hydrogens (tertiary/aromatic N) is 2. The summed E-state index contributed by atoms with van der Waals surface area (Å²) >= 11 is 0. The minimum Gasteiger partial charge on any atom is -0.493 e. The number of ether oxygens (including phenoxy) is 3. The molecule has 0 unspecified atom stereocenters. The van der Waals surface area contributed by atoms with Crippen molar-refractivity contribution < 1.29 is 40.6 Å². The standard InChI is InChI=1S/C18H12F6N2O3/c1-27-15-6-10(29-18(22,23)24)4-5-13(15)28-14-7-11(9-2-3-9)16(17(19,20)21)26-12(14)8-25/h4-7,9H,2-3H2,1H3. The van der Waals surface area contributed by atoms with Crippen molar-refractivity contribution in [2.24, 2.45) is 0 Å². The van der Waals surface area contributed by atoms with E-state index in [0.29, 0.717) is 12.8 Å². The molecule has 2 aromatic rings. The first-order chi connectivity index (χ1) is 13.5. The Labute approximate surface area is 160 Å². The highest BCUT2D eigenvalue weighted by molar-refractivity contribution is 5.51. The molecule has 29 heavy (non-hydrogen) atoms. The number of pyridine rings is 1. The predicted molar refractivity (Wildman–Crippen MR) is 85.7 cm³/mol. The van der Waals surface area contributed by atoms with E-state index < -0.39 is 29.7 Å². The lowest BCUT2D eigenvalue weighted by Crippen LogP contribution is -2.17. The van der Waals surface area contributed by atoms with Crippen LogP contribution in [0.2, 0.25) is 0 Å². The van der Waals surface area contributed by atoms with E-state index in [-0.39, 0.29) is 28.7 Å². The van der Waals surface area contributed by atoms with Gasteiger partial charge in [0.05, 0.1) is 7.11 Å². The number of hydrogen-bond donors (Lipinski definition) is 0. The van der Waals surface area contributed by atoms with Crippen molar-refractivity contribution in [1.82, 2.24) is 4.98 Å². The summed E-state index contributed by atoms with van der Waals surface area (Å²) in [6.07, 6.45) is -8.57. The second kappa shape index (κ2) is 7.35. The number of halogens is 6. The molecule has 11 heteroatoms. The lowest BCUT2D eigenvalue weighted by atomic mass is 10.1. The topological polar surface area (TPSA) is 64.4 Å². The molecule has 0 radical (unpaired) electrons. The summed E-state index contributed by atoms with van der Waals surface area (Å²) in [5.74, 6) is -1.49. The highest BCUT2D eigenvalue weighted by Gasteiger charge is 2.41. The SMILES string of the molecule is COc1cc(OC(F)(F)F)ccc1Oc1cc(C2CC2)c(C(F)(F)F)nc1C#N. The van der Waals surface area contributed by atoms with Gasteiger partial charge in [-0.2, -0.15) is 18.4 Å². The van der Waals surface area contributed by atoms with Crippen LogP contribution in [0.5, 0.6) is 23.0 Å². The Kier molecular flexibility index (Phi) is 5.21. The Morgan fingerprint density at radius 1 is 1.03 bits per heavy atom. The van der Waals surface area contributed by atoms with Crippen LogP contribution in [0.3, 0.4) is 0 Å². The van der Waals surface area contributed by atoms with Gasteiger partial charge in [0.15, 0.2) is 22.9 Å². The zero-order valence-electron chi connectivity index (χ0n) is 14.7. The van der Waals surface area contributed by atoms with Crippen LogP contribution in [0.25, 0.3) is 0 Å². The first-order valence-corrected chi connectivity index (χ1v) is 8.15. The van der Waals surface area contributed by atoms with Gasteiger partial charge in [-0.3, -0.25) is 0 Å². The zero-order valence-corrected chi connectivity index (χ0v) is 14.7. The van der Waals surface area contributed by atoms with Crippen LogP contribution >= 0.6 is 0 Å². The van der Waals surface area contributed by atoms with Crippen LogP contribution in [0.4, 0.5) is 26.3 Å². The molecule has 0 spiro atoms. The summed E-state index contributed by atoms with van der Waals surface area (Å²) in [4.78, 5) is 3.42. The Morgan fingerprint density at radius 3 is 2.24 bits per heavy atom. The van der Waals surface area contributed by atoms with Gasteiger partial charge < -0.3 is 14.2 Å². The molecule has 1 aromatic heterocycles. The van der Waals surface area contributed by atoms with E-state index in [1.54, 1.807) is 6.07 Å². The molecule has 0 N–H and O–H groups in total. The third-order valence-corrected chi connectivity index (χ3v) is 4.00. The van der Waals surface area contributed by atoms with Gasteiger partial charge in [0.25, 0.3) is 0 Å². The summed E-state index contributed by atoms with van der Waals surface area (Å²) in [7, 11) is 1.16. The molecule has 1 aliphatic carbocycles. The second-order valence-corrected chi connectivity index (χ2v) is 6.12. The molecule has 0 aliphatic heterocycles. The van der Waals surface area contributed by atoms with Gasteiger partial charge >= 0.3 is 12.5 Å². The van der Waals surface area contributed by atoms with Crippen molar-refractivity contribution in [3.8, 4) is 29.1 Å². The maximum Gasteiger partial charge on any atom is 0.573 e. The zero-order chi connectivity index (χ0) is 21.4. The lowest BCUT2D eigenvalue weighted by molar-refractivity contribution is -0.274. The fourth-order valence-corrected chi connectivity index (χ4v) is 2.65. The summed E-state index contributed by atoms with van der Waals surface area (Å²) < 4.78 is 91.1. The number of benzene rings is 1. The van der Waals surface area contributed by atoms with E-state index in [1.807, 2.05) is 0 Å². The van der Waals surface area contributed by atoms with Crippen molar-refractivity contribution >= 4 is 0 Å². The van der Waals surface area contributed by atoms with Crippen LogP contribution in [0.1, 0.15) is 35.7 Å². The van der Waals surface area contributed by atoms with Gasteiger partial charge in [-0.05, 0) is 42.5 Å². The van der Waals surface area contributed by atoms with Crippen LogP contribution in [-0.2, 0) is 6.18 Å². The molecule has 154 valence electrons. The van der Waals surface area contributed by atoms with Gasteiger partial charge in [-0.1, -0.05) is 0 Å². The fraction of sp³-hybridized carbons (Fsp3) is 0.333.